The van der Waals surface area contributed by atoms with Gasteiger partial charge in [-0.25, -0.2) is 4.79 Å². The number of hydrogen-bond acceptors (Lipinski definition) is 6. The normalized spacial score (nSPS) is 12.3. The van der Waals surface area contributed by atoms with Crippen LogP contribution in [0, 0.1) is 0 Å². The maximum absolute atomic E-state index is 12.3. The Balaban J connectivity index is 1.00. The first kappa shape index (κ1) is 38.0. The maximum atomic E-state index is 12.3. The Morgan fingerprint density at radius 3 is 1.46 bits per heavy atom. The number of alkyl carbamates (subject to hydrolysis) is 1. The number of ether oxygens (including phenoxy) is 5. The molecule has 7 nitrogen and oxygen atoms in total. The highest BCUT2D eigenvalue weighted by atomic mass is 16.6. The van der Waals surface area contributed by atoms with Crippen molar-refractivity contribution < 1.29 is 28.5 Å². The predicted octanol–water partition coefficient (Wildman–Crippen LogP) is 9.07. The Morgan fingerprint density at radius 2 is 0.957 bits per heavy atom. The largest absolute Gasteiger partial charge is 0.449 e. The maximum Gasteiger partial charge on any atom is 0.407 e. The highest BCUT2D eigenvalue weighted by Gasteiger charge is 2.28. The van der Waals surface area contributed by atoms with Crippen molar-refractivity contribution >= 4 is 6.09 Å². The lowest BCUT2D eigenvalue weighted by atomic mass is 9.98. The molecule has 2 aromatic rings. The molecular weight excluding hydrogens is 578 g/mol. The van der Waals surface area contributed by atoms with E-state index in [-0.39, 0.29) is 5.92 Å². The van der Waals surface area contributed by atoms with Gasteiger partial charge in [-0.2, -0.15) is 0 Å². The van der Waals surface area contributed by atoms with Crippen molar-refractivity contribution in [2.45, 2.75) is 103 Å². The Kier molecular flexibility index (Phi) is 21.2. The van der Waals surface area contributed by atoms with Crippen LogP contribution in [-0.2, 0) is 23.7 Å². The zero-order chi connectivity index (χ0) is 32.3. The van der Waals surface area contributed by atoms with Crippen molar-refractivity contribution in [3.05, 3.63) is 59.7 Å². The van der Waals surface area contributed by atoms with Gasteiger partial charge in [0.2, 0.25) is 0 Å². The Bertz CT molecular complexity index is 1000. The number of rotatable bonds is 29. The molecule has 1 amide bonds. The SMILES string of the molecule is CCCCCCCCCCCCCCCOCCOCCOCCOCCCNC(=O)OCC1c2ccccc2-c2ccccc21. The lowest BCUT2D eigenvalue weighted by molar-refractivity contribution is -0.00231. The van der Waals surface area contributed by atoms with Crippen LogP contribution in [0.1, 0.15) is 114 Å². The average Bonchev–Trinajstić information content (AvgIpc) is 3.40. The monoisotopic (exact) mass is 639 g/mol. The third kappa shape index (κ3) is 15.9. The van der Waals surface area contributed by atoms with Crippen molar-refractivity contribution in [1.29, 1.82) is 0 Å². The van der Waals surface area contributed by atoms with Gasteiger partial charge in [-0.1, -0.05) is 133 Å². The minimum atomic E-state index is -0.393. The Hall–Kier alpha value is -2.45. The molecule has 0 aromatic heterocycles. The van der Waals surface area contributed by atoms with Crippen molar-refractivity contribution in [3.63, 3.8) is 0 Å². The van der Waals surface area contributed by atoms with Gasteiger partial charge in [-0.15, -0.1) is 0 Å². The van der Waals surface area contributed by atoms with Gasteiger partial charge in [0.1, 0.15) is 6.61 Å². The summed E-state index contributed by atoms with van der Waals surface area (Å²) in [6, 6.07) is 16.7. The van der Waals surface area contributed by atoms with Gasteiger partial charge in [0.25, 0.3) is 0 Å². The number of fused-ring (bicyclic) bond motifs is 3. The average molecular weight is 640 g/mol. The molecule has 0 fully saturated rings. The smallest absolute Gasteiger partial charge is 0.407 e. The molecule has 0 bridgehead atoms. The Labute approximate surface area is 279 Å². The molecule has 0 spiro atoms. The number of hydrogen-bond donors (Lipinski definition) is 1. The minimum Gasteiger partial charge on any atom is -0.449 e. The van der Waals surface area contributed by atoms with E-state index in [1.807, 2.05) is 24.3 Å². The van der Waals surface area contributed by atoms with Crippen LogP contribution in [0.15, 0.2) is 48.5 Å². The van der Waals surface area contributed by atoms with E-state index in [1.54, 1.807) is 0 Å². The molecule has 46 heavy (non-hydrogen) atoms. The minimum absolute atomic E-state index is 0.0685. The highest BCUT2D eigenvalue weighted by molar-refractivity contribution is 5.79. The summed E-state index contributed by atoms with van der Waals surface area (Å²) in [5, 5.41) is 2.82. The Morgan fingerprint density at radius 1 is 0.543 bits per heavy atom. The molecule has 2 aromatic carbocycles. The van der Waals surface area contributed by atoms with Gasteiger partial charge in [0.05, 0.1) is 39.6 Å². The van der Waals surface area contributed by atoms with Gasteiger partial charge in [0.15, 0.2) is 0 Å². The fourth-order valence-electron chi connectivity index (χ4n) is 6.00. The first-order valence-corrected chi connectivity index (χ1v) is 18.2. The van der Waals surface area contributed by atoms with E-state index >= 15 is 0 Å². The third-order valence-electron chi connectivity index (χ3n) is 8.59. The second-order valence-corrected chi connectivity index (χ2v) is 12.3. The van der Waals surface area contributed by atoms with Crippen molar-refractivity contribution in [3.8, 4) is 11.1 Å². The predicted molar refractivity (Wildman–Crippen MR) is 187 cm³/mol. The third-order valence-corrected chi connectivity index (χ3v) is 8.59. The summed E-state index contributed by atoms with van der Waals surface area (Å²) in [6.07, 6.45) is 18.1. The molecule has 0 radical (unpaired) electrons. The molecule has 1 N–H and O–H groups in total. The van der Waals surface area contributed by atoms with E-state index in [0.29, 0.717) is 65.8 Å². The van der Waals surface area contributed by atoms with Crippen LogP contribution in [0.2, 0.25) is 0 Å². The fourth-order valence-corrected chi connectivity index (χ4v) is 6.00. The zero-order valence-corrected chi connectivity index (χ0v) is 28.6. The van der Waals surface area contributed by atoms with Crippen molar-refractivity contribution in [1.82, 2.24) is 5.32 Å². The summed E-state index contributed by atoms with van der Waals surface area (Å²) in [5.74, 6) is 0.0685. The summed E-state index contributed by atoms with van der Waals surface area (Å²) in [4.78, 5) is 12.3. The molecule has 0 atom stereocenters. The van der Waals surface area contributed by atoms with Gasteiger partial charge in [-0.05, 0) is 35.1 Å². The van der Waals surface area contributed by atoms with E-state index < -0.39 is 6.09 Å². The summed E-state index contributed by atoms with van der Waals surface area (Å²) in [7, 11) is 0. The van der Waals surface area contributed by atoms with Gasteiger partial charge in [0, 0.05) is 25.7 Å². The number of carbonyl (C=O) groups is 1. The molecule has 0 saturated heterocycles. The number of carbonyl (C=O) groups excluding carboxylic acids is 1. The lowest BCUT2D eigenvalue weighted by Crippen LogP contribution is -2.27. The first-order chi connectivity index (χ1) is 22.8. The van der Waals surface area contributed by atoms with Crippen LogP contribution in [0.4, 0.5) is 4.79 Å². The van der Waals surface area contributed by atoms with E-state index in [2.05, 4.69) is 36.5 Å². The van der Waals surface area contributed by atoms with Crippen molar-refractivity contribution in [2.75, 3.05) is 66.0 Å². The molecule has 3 rings (SSSR count). The van der Waals surface area contributed by atoms with Crippen LogP contribution in [0.25, 0.3) is 11.1 Å². The quantitative estimate of drug-likeness (QED) is 0.0895. The van der Waals surface area contributed by atoms with Gasteiger partial charge < -0.3 is 29.0 Å². The van der Waals surface area contributed by atoms with Crippen LogP contribution in [0.3, 0.4) is 0 Å². The summed E-state index contributed by atoms with van der Waals surface area (Å²) >= 11 is 0. The molecule has 0 unspecified atom stereocenters. The number of amides is 1. The van der Waals surface area contributed by atoms with E-state index in [1.165, 1.54) is 99.3 Å². The van der Waals surface area contributed by atoms with Crippen molar-refractivity contribution in [2.24, 2.45) is 0 Å². The molecule has 0 heterocycles. The summed E-state index contributed by atoms with van der Waals surface area (Å²) in [6.45, 7) is 7.90. The van der Waals surface area contributed by atoms with E-state index in [0.717, 1.165) is 13.0 Å². The number of benzene rings is 2. The molecule has 1 aliphatic carbocycles. The van der Waals surface area contributed by atoms with Crippen LogP contribution >= 0.6 is 0 Å². The lowest BCUT2D eigenvalue weighted by Gasteiger charge is -2.14. The second kappa shape index (κ2) is 25.6. The highest BCUT2D eigenvalue weighted by Crippen LogP contribution is 2.44. The number of nitrogens with one attached hydrogen (secondary N) is 1. The molecule has 0 saturated carbocycles. The van der Waals surface area contributed by atoms with Gasteiger partial charge >= 0.3 is 6.09 Å². The zero-order valence-electron chi connectivity index (χ0n) is 28.6. The fraction of sp³-hybridized carbons (Fsp3) is 0.667. The standard InChI is InChI=1S/C39H61NO6/c1-2-3-4-5-6-7-8-9-10-11-12-13-18-25-42-27-29-44-31-32-45-30-28-43-26-19-24-40-39(41)46-33-38-36-22-16-14-20-34(36)35-21-15-17-23-37(35)38/h14-17,20-23,38H,2-13,18-19,24-33H2,1H3,(H,40,41). The summed E-state index contributed by atoms with van der Waals surface area (Å²) < 4.78 is 28.0. The van der Waals surface area contributed by atoms with E-state index in [4.69, 9.17) is 23.7 Å². The summed E-state index contributed by atoms with van der Waals surface area (Å²) in [5.41, 5.74) is 4.87. The molecule has 1 aliphatic rings. The first-order valence-electron chi connectivity index (χ1n) is 18.2. The molecular formula is C39H61NO6. The topological polar surface area (TPSA) is 75.3 Å². The second-order valence-electron chi connectivity index (χ2n) is 12.3. The molecule has 258 valence electrons. The van der Waals surface area contributed by atoms with Crippen LogP contribution in [-0.4, -0.2) is 72.1 Å². The molecule has 0 aliphatic heterocycles. The van der Waals surface area contributed by atoms with Gasteiger partial charge in [-0.3, -0.25) is 0 Å². The molecule has 7 heteroatoms. The van der Waals surface area contributed by atoms with E-state index in [9.17, 15) is 4.79 Å². The number of unbranched alkanes of at least 4 members (excludes halogenated alkanes) is 12. The van der Waals surface area contributed by atoms with Crippen LogP contribution < -0.4 is 5.32 Å². The van der Waals surface area contributed by atoms with Crippen LogP contribution in [0.5, 0.6) is 0 Å².